The van der Waals surface area contributed by atoms with Crippen LogP contribution in [-0.4, -0.2) is 42.1 Å². The van der Waals surface area contributed by atoms with Gasteiger partial charge in [-0.15, -0.1) is 0 Å². The Kier molecular flexibility index (Phi) is 3.22. The summed E-state index contributed by atoms with van der Waals surface area (Å²) in [6, 6.07) is 7.33. The van der Waals surface area contributed by atoms with E-state index in [-0.39, 0.29) is 11.9 Å². The van der Waals surface area contributed by atoms with Crippen LogP contribution in [-0.2, 0) is 14.3 Å². The third-order valence-electron chi connectivity index (χ3n) is 5.47. The van der Waals surface area contributed by atoms with Crippen molar-refractivity contribution in [2.75, 3.05) is 13.7 Å². The first kappa shape index (κ1) is 15.2. The van der Waals surface area contributed by atoms with Crippen LogP contribution in [0.3, 0.4) is 0 Å². The van der Waals surface area contributed by atoms with E-state index in [9.17, 15) is 14.7 Å². The van der Waals surface area contributed by atoms with Gasteiger partial charge in [0.2, 0.25) is 5.91 Å². The van der Waals surface area contributed by atoms with Crippen molar-refractivity contribution in [1.29, 1.82) is 0 Å². The molecule has 0 unspecified atom stereocenters. The summed E-state index contributed by atoms with van der Waals surface area (Å²) in [5.74, 6) is -2.26. The van der Waals surface area contributed by atoms with Crippen LogP contribution in [0.15, 0.2) is 36.4 Å². The molecule has 2 bridgehead atoms. The summed E-state index contributed by atoms with van der Waals surface area (Å²) in [5, 5.41) is 11.5. The highest BCUT2D eigenvalue weighted by atomic mass is 16.5. The highest BCUT2D eigenvalue weighted by Crippen LogP contribution is 2.53. The molecule has 4 rings (SSSR count). The molecule has 2 fully saturated rings. The summed E-state index contributed by atoms with van der Waals surface area (Å²) in [4.78, 5) is 26.1. The molecule has 126 valence electrons. The maximum absolute atomic E-state index is 12.9. The van der Waals surface area contributed by atoms with Gasteiger partial charge in [-0.2, -0.15) is 0 Å². The van der Waals surface area contributed by atoms with Crippen LogP contribution in [0, 0.1) is 11.8 Å². The number of methoxy groups -OCH3 is 1. The van der Waals surface area contributed by atoms with Gasteiger partial charge in [0.15, 0.2) is 0 Å². The number of rotatable bonds is 4. The lowest BCUT2D eigenvalue weighted by Gasteiger charge is -2.28. The highest BCUT2D eigenvalue weighted by molar-refractivity contribution is 5.90. The Morgan fingerprint density at radius 3 is 2.75 bits per heavy atom. The Morgan fingerprint density at radius 1 is 1.42 bits per heavy atom. The normalized spacial score (nSPS) is 34.5. The Bertz CT molecular complexity index is 727. The van der Waals surface area contributed by atoms with Crippen LogP contribution in [0.25, 0.3) is 0 Å². The second-order valence-electron chi connectivity index (χ2n) is 6.63. The first-order chi connectivity index (χ1) is 11.5. The van der Waals surface area contributed by atoms with Gasteiger partial charge in [0.25, 0.3) is 0 Å². The number of carbonyl (C=O) groups excluding carboxylic acids is 2. The number of hydrogen-bond acceptors (Lipinski definition) is 5. The third-order valence-corrected chi connectivity index (χ3v) is 5.47. The van der Waals surface area contributed by atoms with Crippen molar-refractivity contribution in [3.63, 3.8) is 0 Å². The zero-order valence-electron chi connectivity index (χ0n) is 13.5. The minimum Gasteiger partial charge on any atom is -0.550 e. The number of benzene rings is 1. The number of carboxylic acid groups (broad SMARTS) is 1. The van der Waals surface area contributed by atoms with Gasteiger partial charge in [-0.3, -0.25) is 4.79 Å². The number of carbonyl (C=O) groups is 2. The Balaban J connectivity index is 1.63. The van der Waals surface area contributed by atoms with Gasteiger partial charge >= 0.3 is 0 Å². The number of amides is 1. The van der Waals surface area contributed by atoms with Crippen LogP contribution in [0.5, 0.6) is 5.75 Å². The van der Waals surface area contributed by atoms with E-state index in [4.69, 9.17) is 9.47 Å². The van der Waals surface area contributed by atoms with E-state index in [1.807, 2.05) is 37.3 Å². The summed E-state index contributed by atoms with van der Waals surface area (Å²) in [7, 11) is 1.60. The summed E-state index contributed by atoms with van der Waals surface area (Å²) in [6.07, 6.45) is 3.04. The SMILES string of the molecule is COc1ccc([C@H](C)N2C[C@]34C=C[C@@H](O3)[C@H](C(=O)[O-])[C@@H]4C2=O)cc1. The Morgan fingerprint density at radius 2 is 2.12 bits per heavy atom. The first-order valence-electron chi connectivity index (χ1n) is 7.99. The van der Waals surface area contributed by atoms with Gasteiger partial charge in [-0.25, -0.2) is 0 Å². The molecule has 5 atom stereocenters. The molecule has 0 N–H and O–H groups in total. The molecule has 1 spiro atoms. The molecule has 1 amide bonds. The van der Waals surface area contributed by atoms with E-state index in [2.05, 4.69) is 0 Å². The average Bonchev–Trinajstić information content (AvgIpc) is 3.22. The van der Waals surface area contributed by atoms with Crippen LogP contribution in [0.1, 0.15) is 18.5 Å². The molecule has 0 saturated carbocycles. The van der Waals surface area contributed by atoms with Crippen LogP contribution >= 0.6 is 0 Å². The fourth-order valence-corrected chi connectivity index (χ4v) is 4.19. The smallest absolute Gasteiger partial charge is 0.230 e. The molecular weight excluding hydrogens is 310 g/mol. The molecule has 0 radical (unpaired) electrons. The van der Waals surface area contributed by atoms with E-state index in [1.54, 1.807) is 18.1 Å². The van der Waals surface area contributed by atoms with Crippen LogP contribution < -0.4 is 9.84 Å². The minimum atomic E-state index is -1.22. The molecule has 1 aromatic carbocycles. The molecule has 2 saturated heterocycles. The van der Waals surface area contributed by atoms with E-state index < -0.39 is 29.5 Å². The molecule has 6 heteroatoms. The second-order valence-corrected chi connectivity index (χ2v) is 6.63. The van der Waals surface area contributed by atoms with Crippen LogP contribution in [0.2, 0.25) is 0 Å². The van der Waals surface area contributed by atoms with Gasteiger partial charge in [0.05, 0.1) is 31.7 Å². The monoisotopic (exact) mass is 328 g/mol. The first-order valence-corrected chi connectivity index (χ1v) is 7.99. The minimum absolute atomic E-state index is 0.179. The molecule has 24 heavy (non-hydrogen) atoms. The summed E-state index contributed by atoms with van der Waals surface area (Å²) in [5.41, 5.74) is 0.136. The van der Waals surface area contributed by atoms with Crippen molar-refractivity contribution < 1.29 is 24.2 Å². The standard InChI is InChI=1S/C18H19NO5/c1-10(11-3-5-12(23-2)6-4-11)19-9-18-8-7-13(24-18)14(17(21)22)15(18)16(19)20/h3-8,10,13-15H,9H2,1-2H3,(H,21,22)/p-1/t10-,13+,14-,15+,18-/m0/s1. The third kappa shape index (κ3) is 1.92. The number of nitrogens with zero attached hydrogens (tertiary/aromatic N) is 1. The maximum Gasteiger partial charge on any atom is 0.230 e. The fourth-order valence-electron chi connectivity index (χ4n) is 4.19. The average molecular weight is 328 g/mol. The molecule has 0 aliphatic carbocycles. The Labute approximate surface area is 139 Å². The lowest BCUT2D eigenvalue weighted by atomic mass is 9.77. The van der Waals surface area contributed by atoms with E-state index >= 15 is 0 Å². The van der Waals surface area contributed by atoms with Crippen molar-refractivity contribution in [2.24, 2.45) is 11.8 Å². The van der Waals surface area contributed by atoms with E-state index in [0.29, 0.717) is 6.54 Å². The zero-order chi connectivity index (χ0) is 17.1. The van der Waals surface area contributed by atoms with Gasteiger partial charge in [-0.05, 0) is 24.6 Å². The van der Waals surface area contributed by atoms with Gasteiger partial charge < -0.3 is 24.3 Å². The molecule has 1 aromatic rings. The number of hydrogen-bond donors (Lipinski definition) is 0. The van der Waals surface area contributed by atoms with Crippen molar-refractivity contribution in [1.82, 2.24) is 4.90 Å². The van der Waals surface area contributed by atoms with E-state index in [1.165, 1.54) is 0 Å². The number of aliphatic carboxylic acids is 1. The van der Waals surface area contributed by atoms with Crippen molar-refractivity contribution in [3.05, 3.63) is 42.0 Å². The highest BCUT2D eigenvalue weighted by Gasteiger charge is 2.65. The zero-order valence-corrected chi connectivity index (χ0v) is 13.5. The van der Waals surface area contributed by atoms with Gasteiger partial charge in [0, 0.05) is 11.9 Å². The summed E-state index contributed by atoms with van der Waals surface area (Å²) >= 11 is 0. The predicted molar refractivity (Wildman–Crippen MR) is 81.9 cm³/mol. The number of ether oxygens (including phenoxy) is 2. The number of fused-ring (bicyclic) bond motifs is 1. The topological polar surface area (TPSA) is 78.9 Å². The molecule has 3 aliphatic heterocycles. The number of carboxylic acids is 1. The predicted octanol–water partition coefficient (Wildman–Crippen LogP) is 0.288. The fraction of sp³-hybridized carbons (Fsp3) is 0.444. The van der Waals surface area contributed by atoms with Gasteiger partial charge in [-0.1, -0.05) is 24.3 Å². The number of likely N-dealkylation sites (tertiary alicyclic amines) is 1. The second kappa shape index (κ2) is 5.08. The lowest BCUT2D eigenvalue weighted by molar-refractivity contribution is -0.313. The van der Waals surface area contributed by atoms with Crippen LogP contribution in [0.4, 0.5) is 0 Å². The molecule has 3 aliphatic rings. The Hall–Kier alpha value is -2.34. The maximum atomic E-state index is 12.9. The summed E-state index contributed by atoms with van der Waals surface area (Å²) < 4.78 is 11.0. The van der Waals surface area contributed by atoms with Crippen molar-refractivity contribution in [2.45, 2.75) is 24.7 Å². The van der Waals surface area contributed by atoms with Gasteiger partial charge in [0.1, 0.15) is 11.4 Å². The molecule has 6 nitrogen and oxygen atoms in total. The van der Waals surface area contributed by atoms with Crippen molar-refractivity contribution in [3.8, 4) is 5.75 Å². The molecule has 3 heterocycles. The largest absolute Gasteiger partial charge is 0.550 e. The van der Waals surface area contributed by atoms with E-state index in [0.717, 1.165) is 11.3 Å². The molecular formula is C18H18NO5-. The summed E-state index contributed by atoms with van der Waals surface area (Å²) in [6.45, 7) is 2.29. The quantitative estimate of drug-likeness (QED) is 0.742. The van der Waals surface area contributed by atoms with Crippen molar-refractivity contribution >= 4 is 11.9 Å². The molecule has 0 aromatic heterocycles. The lowest BCUT2D eigenvalue weighted by Crippen LogP contribution is -2.45.